The van der Waals surface area contributed by atoms with E-state index in [1.807, 2.05) is 38.1 Å². The normalized spacial score (nSPS) is 17.0. The van der Waals surface area contributed by atoms with Crippen molar-refractivity contribution in [2.75, 3.05) is 13.1 Å². The van der Waals surface area contributed by atoms with E-state index in [0.717, 1.165) is 24.1 Å². The summed E-state index contributed by atoms with van der Waals surface area (Å²) in [6, 6.07) is 12.0. The minimum atomic E-state index is -1.32. The van der Waals surface area contributed by atoms with Crippen LogP contribution in [0.4, 0.5) is 4.39 Å². The molecule has 5 heterocycles. The van der Waals surface area contributed by atoms with Crippen LogP contribution in [0.5, 0.6) is 0 Å². The summed E-state index contributed by atoms with van der Waals surface area (Å²) in [6.07, 6.45) is 5.45. The number of likely N-dealkylation sites (tertiary alicyclic amines) is 1. The van der Waals surface area contributed by atoms with Gasteiger partial charge < -0.3 is 10.0 Å². The zero-order valence-electron chi connectivity index (χ0n) is 22.4. The SMILES string of the molecule is Cc1nn(-c2ccccn2)c2nc(C3CC3)cc(C(=O)N3CC(O)(c4cn([C@@H](C)c5ccc(F)c(Br)c5)nn4)C3)c12. The third-order valence-electron chi connectivity index (χ3n) is 7.93. The van der Waals surface area contributed by atoms with Gasteiger partial charge in [-0.3, -0.25) is 4.79 Å². The molecule has 5 aromatic rings. The highest BCUT2D eigenvalue weighted by molar-refractivity contribution is 9.10. The second-order valence-electron chi connectivity index (χ2n) is 10.9. The molecule has 2 aliphatic rings. The van der Waals surface area contributed by atoms with Crippen LogP contribution in [0.2, 0.25) is 0 Å². The number of pyridine rings is 2. The Morgan fingerprint density at radius 3 is 2.71 bits per heavy atom. The summed E-state index contributed by atoms with van der Waals surface area (Å²) in [5, 5.41) is 25.2. The summed E-state index contributed by atoms with van der Waals surface area (Å²) in [7, 11) is 0. The van der Waals surface area contributed by atoms with E-state index in [4.69, 9.17) is 4.98 Å². The second-order valence-corrected chi connectivity index (χ2v) is 11.7. The maximum atomic E-state index is 13.9. The van der Waals surface area contributed by atoms with Gasteiger partial charge in [-0.2, -0.15) is 9.78 Å². The molecule has 1 aliphatic heterocycles. The van der Waals surface area contributed by atoms with Crippen LogP contribution in [0.3, 0.4) is 0 Å². The molecule has 0 unspecified atom stereocenters. The largest absolute Gasteiger partial charge is 0.380 e. The molecule has 10 nitrogen and oxygen atoms in total. The Morgan fingerprint density at radius 2 is 2.00 bits per heavy atom. The van der Waals surface area contributed by atoms with E-state index >= 15 is 0 Å². The molecule has 1 amide bonds. The molecule has 12 heteroatoms. The maximum absolute atomic E-state index is 13.9. The number of halogens is 2. The molecule has 41 heavy (non-hydrogen) atoms. The van der Waals surface area contributed by atoms with Gasteiger partial charge in [0.25, 0.3) is 5.91 Å². The van der Waals surface area contributed by atoms with Crippen LogP contribution in [0.25, 0.3) is 16.9 Å². The van der Waals surface area contributed by atoms with Crippen molar-refractivity contribution in [3.8, 4) is 5.82 Å². The number of aromatic nitrogens is 7. The molecule has 1 aliphatic carbocycles. The molecule has 0 bridgehead atoms. The number of benzene rings is 1. The zero-order chi connectivity index (χ0) is 28.5. The lowest BCUT2D eigenvalue weighted by Gasteiger charge is -2.45. The van der Waals surface area contributed by atoms with Crippen LogP contribution in [-0.4, -0.2) is 63.7 Å². The van der Waals surface area contributed by atoms with E-state index in [2.05, 4.69) is 36.3 Å². The Balaban J connectivity index is 1.16. The third kappa shape index (κ3) is 4.41. The summed E-state index contributed by atoms with van der Waals surface area (Å²) in [5.41, 5.74) is 2.58. The number of amides is 1. The minimum Gasteiger partial charge on any atom is -0.380 e. The third-order valence-corrected chi connectivity index (χ3v) is 8.53. The molecule has 1 N–H and O–H groups in total. The Kier molecular flexibility index (Phi) is 6.02. The number of β-amino-alcohol motifs (C(OH)–C–C–N with tert-alkyl or cyclic N) is 1. The number of carbonyl (C=O) groups is 1. The fourth-order valence-corrected chi connectivity index (χ4v) is 5.77. The van der Waals surface area contributed by atoms with Crippen molar-refractivity contribution in [1.29, 1.82) is 0 Å². The van der Waals surface area contributed by atoms with Gasteiger partial charge in [-0.05, 0) is 78.5 Å². The smallest absolute Gasteiger partial charge is 0.254 e. The highest BCUT2D eigenvalue weighted by atomic mass is 79.9. The summed E-state index contributed by atoms with van der Waals surface area (Å²) >= 11 is 3.22. The number of hydrogen-bond donors (Lipinski definition) is 1. The standard InChI is InChI=1S/C29H26BrFN8O2/c1-16-26-20(12-23(18-6-7-18)33-27(26)39(35-16)25-5-3-4-10-32-25)28(40)37-14-29(41,15-37)24-13-38(36-34-24)17(2)19-8-9-22(31)21(30)11-19/h3-5,8-13,17-18,41H,6-7,14-15H2,1-2H3/t17-/m0/s1. The van der Waals surface area contributed by atoms with Gasteiger partial charge in [-0.15, -0.1) is 5.10 Å². The number of hydrogen-bond acceptors (Lipinski definition) is 7. The van der Waals surface area contributed by atoms with Crippen LogP contribution >= 0.6 is 15.9 Å². The van der Waals surface area contributed by atoms with E-state index in [1.165, 1.54) is 6.07 Å². The molecule has 1 saturated carbocycles. The predicted octanol–water partition coefficient (Wildman–Crippen LogP) is 4.45. The highest BCUT2D eigenvalue weighted by Crippen LogP contribution is 2.41. The molecular formula is C29H26BrFN8O2. The van der Waals surface area contributed by atoms with Gasteiger partial charge in [0.2, 0.25) is 0 Å². The first-order valence-electron chi connectivity index (χ1n) is 13.4. The van der Waals surface area contributed by atoms with Gasteiger partial charge in [-0.1, -0.05) is 17.3 Å². The quantitative estimate of drug-likeness (QED) is 0.300. The molecule has 7 rings (SSSR count). The predicted molar refractivity (Wildman–Crippen MR) is 151 cm³/mol. The number of rotatable bonds is 6. The number of carbonyl (C=O) groups excluding carboxylic acids is 1. The number of aliphatic hydroxyl groups is 1. The first-order valence-corrected chi connectivity index (χ1v) is 14.2. The van der Waals surface area contributed by atoms with Crippen molar-refractivity contribution >= 4 is 32.9 Å². The monoisotopic (exact) mass is 616 g/mol. The van der Waals surface area contributed by atoms with E-state index in [0.29, 0.717) is 44.2 Å². The molecular weight excluding hydrogens is 591 g/mol. The second kappa shape index (κ2) is 9.52. The topological polar surface area (TPSA) is 115 Å². The van der Waals surface area contributed by atoms with Crippen molar-refractivity contribution in [2.24, 2.45) is 0 Å². The molecule has 0 spiro atoms. The summed E-state index contributed by atoms with van der Waals surface area (Å²) in [6.45, 7) is 3.94. The van der Waals surface area contributed by atoms with Gasteiger partial charge in [0.15, 0.2) is 11.5 Å². The lowest BCUT2D eigenvalue weighted by Crippen LogP contribution is -2.61. The summed E-state index contributed by atoms with van der Waals surface area (Å²) < 4.78 is 17.4. The van der Waals surface area contributed by atoms with Crippen LogP contribution in [-0.2, 0) is 5.60 Å². The zero-order valence-corrected chi connectivity index (χ0v) is 24.0. The lowest BCUT2D eigenvalue weighted by molar-refractivity contribution is -0.0892. The van der Waals surface area contributed by atoms with Gasteiger partial charge >= 0.3 is 0 Å². The van der Waals surface area contributed by atoms with Crippen molar-refractivity contribution in [3.05, 3.63) is 93.4 Å². The Morgan fingerprint density at radius 1 is 1.20 bits per heavy atom. The number of aryl methyl sites for hydroxylation is 1. The summed E-state index contributed by atoms with van der Waals surface area (Å²) in [5.74, 6) is 0.423. The molecule has 2 fully saturated rings. The number of nitrogens with zero attached hydrogens (tertiary/aromatic N) is 8. The average molecular weight is 617 g/mol. The van der Waals surface area contributed by atoms with Gasteiger partial charge in [0.1, 0.15) is 17.1 Å². The molecule has 1 aromatic carbocycles. The maximum Gasteiger partial charge on any atom is 0.254 e. The first-order chi connectivity index (χ1) is 19.7. The number of fused-ring (bicyclic) bond motifs is 1. The lowest BCUT2D eigenvalue weighted by atomic mass is 9.89. The van der Waals surface area contributed by atoms with Crippen molar-refractivity contribution in [2.45, 2.75) is 44.2 Å². The Labute approximate surface area is 243 Å². The van der Waals surface area contributed by atoms with E-state index in [9.17, 15) is 14.3 Å². The average Bonchev–Trinajstić information content (AvgIpc) is 3.60. The van der Waals surface area contributed by atoms with Gasteiger partial charge in [-0.25, -0.2) is 19.0 Å². The minimum absolute atomic E-state index is 0.0804. The van der Waals surface area contributed by atoms with Crippen LogP contribution in [0.15, 0.2) is 59.3 Å². The molecule has 0 radical (unpaired) electrons. The molecule has 4 aromatic heterocycles. The van der Waals surface area contributed by atoms with Crippen molar-refractivity contribution in [3.63, 3.8) is 0 Å². The van der Waals surface area contributed by atoms with Crippen molar-refractivity contribution < 1.29 is 14.3 Å². The first kappa shape index (κ1) is 25.9. The summed E-state index contributed by atoms with van der Waals surface area (Å²) in [4.78, 5) is 24.8. The van der Waals surface area contributed by atoms with E-state index in [1.54, 1.807) is 38.8 Å². The fourth-order valence-electron chi connectivity index (χ4n) is 5.37. The molecule has 208 valence electrons. The Hall–Kier alpha value is -4.03. The Bertz CT molecular complexity index is 1810. The van der Waals surface area contributed by atoms with E-state index in [-0.39, 0.29) is 30.9 Å². The van der Waals surface area contributed by atoms with Crippen LogP contribution in [0.1, 0.15) is 64.7 Å². The molecule has 1 saturated heterocycles. The molecule has 1 atom stereocenters. The van der Waals surface area contributed by atoms with Gasteiger partial charge in [0.05, 0.1) is 46.4 Å². The van der Waals surface area contributed by atoms with Crippen molar-refractivity contribution in [1.82, 2.24) is 39.6 Å². The van der Waals surface area contributed by atoms with E-state index < -0.39 is 5.60 Å². The highest BCUT2D eigenvalue weighted by Gasteiger charge is 2.48. The fraction of sp³-hybridized carbons (Fsp3) is 0.310. The van der Waals surface area contributed by atoms with Crippen LogP contribution in [0, 0.1) is 12.7 Å². The van der Waals surface area contributed by atoms with Crippen LogP contribution < -0.4 is 0 Å². The van der Waals surface area contributed by atoms with Gasteiger partial charge in [0, 0.05) is 17.8 Å².